The molecule has 0 amide bonds. The molecule has 0 radical (unpaired) electrons. The molecule has 0 aliphatic carbocycles. The van der Waals surface area contributed by atoms with E-state index in [1.165, 1.54) is 0 Å². The Kier molecular flexibility index (Phi) is 5.52. The Balaban J connectivity index is 2.06. The number of ether oxygens (including phenoxy) is 2. The minimum Gasteiger partial charge on any atom is -0.378 e. The van der Waals surface area contributed by atoms with Crippen LogP contribution < -0.4 is 10.6 Å². The predicted molar refractivity (Wildman–Crippen MR) is 92.2 cm³/mol. The highest BCUT2D eigenvalue weighted by Crippen LogP contribution is 2.40. The van der Waals surface area contributed by atoms with E-state index in [2.05, 4.69) is 18.8 Å². The van der Waals surface area contributed by atoms with Crippen LogP contribution in [0.15, 0.2) is 17.1 Å². The first-order valence-corrected chi connectivity index (χ1v) is 9.45. The molecule has 6 nitrogen and oxygen atoms in total. The summed E-state index contributed by atoms with van der Waals surface area (Å²) in [5.74, 6) is 3.28. The van der Waals surface area contributed by atoms with Crippen molar-refractivity contribution in [2.24, 2.45) is 0 Å². The zero-order valence-electron chi connectivity index (χ0n) is 14.1. The molecule has 1 aromatic rings. The quantitative estimate of drug-likeness (QED) is 0.804. The van der Waals surface area contributed by atoms with Gasteiger partial charge >= 0.3 is 5.69 Å². The van der Waals surface area contributed by atoms with Gasteiger partial charge in [-0.3, -0.25) is 4.57 Å². The molecule has 1 saturated heterocycles. The topological polar surface area (TPSA) is 56.6 Å². The van der Waals surface area contributed by atoms with Gasteiger partial charge in [0.1, 0.15) is 12.0 Å². The van der Waals surface area contributed by atoms with Gasteiger partial charge in [-0.25, -0.2) is 15.7 Å². The molecule has 0 bridgehead atoms. The Morgan fingerprint density at radius 3 is 2.91 bits per heavy atom. The van der Waals surface area contributed by atoms with Crippen molar-refractivity contribution >= 4 is 16.7 Å². The van der Waals surface area contributed by atoms with Crippen molar-refractivity contribution in [1.29, 1.82) is 0 Å². The first kappa shape index (κ1) is 17.3. The number of rotatable bonds is 6. The minimum atomic E-state index is -0.283. The number of thiol groups is 1. The number of nitrogens with zero attached hydrogens (tertiary/aromatic N) is 3. The molecule has 2 rings (SSSR count). The second kappa shape index (κ2) is 7.02. The van der Waals surface area contributed by atoms with E-state index in [1.54, 1.807) is 17.9 Å². The van der Waals surface area contributed by atoms with Crippen molar-refractivity contribution < 1.29 is 9.47 Å². The van der Waals surface area contributed by atoms with Crippen LogP contribution in [-0.4, -0.2) is 53.3 Å². The molecule has 1 fully saturated rings. The van der Waals surface area contributed by atoms with Crippen molar-refractivity contribution in [2.75, 3.05) is 43.0 Å². The SMILES string of the molecule is CCN(C)c1ccn([C@@H]2C[SH](CC(C)(C)OC)CO2)c(=O)n1. The van der Waals surface area contributed by atoms with E-state index in [-0.39, 0.29) is 28.4 Å². The molecule has 2 heterocycles. The molecule has 0 saturated carbocycles. The maximum atomic E-state index is 12.2. The van der Waals surface area contributed by atoms with Gasteiger partial charge in [-0.2, -0.15) is 4.98 Å². The van der Waals surface area contributed by atoms with Gasteiger partial charge in [0.15, 0.2) is 0 Å². The van der Waals surface area contributed by atoms with Crippen LogP contribution in [0.4, 0.5) is 5.82 Å². The lowest BCUT2D eigenvalue weighted by molar-refractivity contribution is 0.0433. The standard InChI is InChI=1S/C15H27N3O3S/c1-6-17(4)12-7-8-18(14(19)16-12)13-9-22(11-21-13)10-15(2,3)20-5/h7-8,13,22H,6,9-11H2,1-5H3/t13-/m0/s1. The fourth-order valence-corrected chi connectivity index (χ4v) is 5.03. The van der Waals surface area contributed by atoms with Crippen LogP contribution in [0.25, 0.3) is 0 Å². The molecule has 1 unspecified atom stereocenters. The smallest absolute Gasteiger partial charge is 0.351 e. The molecule has 7 heteroatoms. The van der Waals surface area contributed by atoms with Crippen molar-refractivity contribution in [1.82, 2.24) is 9.55 Å². The lowest BCUT2D eigenvalue weighted by Gasteiger charge is -2.27. The van der Waals surface area contributed by atoms with Crippen LogP contribution >= 0.6 is 10.9 Å². The third-order valence-corrected chi connectivity index (χ3v) is 6.56. The average Bonchev–Trinajstić information content (AvgIpc) is 2.93. The first-order valence-electron chi connectivity index (χ1n) is 7.55. The van der Waals surface area contributed by atoms with Gasteiger partial charge in [0.05, 0.1) is 11.5 Å². The van der Waals surface area contributed by atoms with Gasteiger partial charge in [-0.15, -0.1) is 0 Å². The Morgan fingerprint density at radius 1 is 1.59 bits per heavy atom. The summed E-state index contributed by atoms with van der Waals surface area (Å²) in [6.45, 7) is 7.02. The van der Waals surface area contributed by atoms with E-state index < -0.39 is 0 Å². The normalized spacial score (nSPS) is 23.7. The number of anilines is 1. The zero-order valence-corrected chi connectivity index (χ0v) is 15.0. The first-order chi connectivity index (χ1) is 10.4. The highest BCUT2D eigenvalue weighted by atomic mass is 32.2. The van der Waals surface area contributed by atoms with Gasteiger partial charge in [-0.1, -0.05) is 0 Å². The van der Waals surface area contributed by atoms with Crippen LogP contribution in [0.5, 0.6) is 0 Å². The Labute approximate surface area is 134 Å². The number of aromatic nitrogens is 2. The number of methoxy groups -OCH3 is 1. The van der Waals surface area contributed by atoms with Crippen molar-refractivity contribution in [2.45, 2.75) is 32.6 Å². The maximum Gasteiger partial charge on any atom is 0.351 e. The molecule has 0 aromatic carbocycles. The highest BCUT2D eigenvalue weighted by Gasteiger charge is 2.29. The van der Waals surface area contributed by atoms with Gasteiger partial charge in [0, 0.05) is 38.4 Å². The zero-order chi connectivity index (χ0) is 16.3. The summed E-state index contributed by atoms with van der Waals surface area (Å²) >= 11 is 0. The number of hydrogen-bond donors (Lipinski definition) is 1. The summed E-state index contributed by atoms with van der Waals surface area (Å²) in [4.78, 5) is 18.3. The largest absolute Gasteiger partial charge is 0.378 e. The minimum absolute atomic E-state index is 0.138. The molecule has 2 atom stereocenters. The third-order valence-electron chi connectivity index (χ3n) is 4.01. The summed E-state index contributed by atoms with van der Waals surface area (Å²) in [7, 11) is 3.38. The third kappa shape index (κ3) is 4.02. The molecule has 22 heavy (non-hydrogen) atoms. The molecule has 1 aliphatic heterocycles. The molecule has 126 valence electrons. The van der Waals surface area contributed by atoms with E-state index in [0.717, 1.165) is 24.0 Å². The molecular weight excluding hydrogens is 302 g/mol. The van der Waals surface area contributed by atoms with Crippen LogP contribution in [-0.2, 0) is 9.47 Å². The lowest BCUT2D eigenvalue weighted by Crippen LogP contribution is -2.30. The van der Waals surface area contributed by atoms with Crippen molar-refractivity contribution in [3.8, 4) is 0 Å². The van der Waals surface area contributed by atoms with E-state index in [0.29, 0.717) is 5.82 Å². The van der Waals surface area contributed by atoms with Gasteiger partial charge < -0.3 is 14.4 Å². The highest BCUT2D eigenvalue weighted by molar-refractivity contribution is 8.17. The molecule has 0 N–H and O–H groups in total. The van der Waals surface area contributed by atoms with Crippen LogP contribution in [0.2, 0.25) is 0 Å². The van der Waals surface area contributed by atoms with Gasteiger partial charge in [0.2, 0.25) is 0 Å². The summed E-state index contributed by atoms with van der Waals surface area (Å²) in [6, 6.07) is 1.87. The van der Waals surface area contributed by atoms with Crippen LogP contribution in [0.1, 0.15) is 27.0 Å². The van der Waals surface area contributed by atoms with Gasteiger partial charge in [0.25, 0.3) is 0 Å². The van der Waals surface area contributed by atoms with Crippen LogP contribution in [0.3, 0.4) is 0 Å². The lowest BCUT2D eigenvalue weighted by atomic mass is 10.2. The summed E-state index contributed by atoms with van der Waals surface area (Å²) < 4.78 is 12.9. The maximum absolute atomic E-state index is 12.2. The monoisotopic (exact) mass is 329 g/mol. The Hall–Kier alpha value is -1.05. The van der Waals surface area contributed by atoms with E-state index in [1.807, 2.05) is 24.9 Å². The van der Waals surface area contributed by atoms with E-state index in [9.17, 15) is 4.79 Å². The Bertz CT molecular complexity index is 561. The second-order valence-electron chi connectivity index (χ2n) is 6.22. The fourth-order valence-electron chi connectivity index (χ4n) is 2.40. The van der Waals surface area contributed by atoms with E-state index in [4.69, 9.17) is 9.47 Å². The van der Waals surface area contributed by atoms with Crippen molar-refractivity contribution in [3.63, 3.8) is 0 Å². The Morgan fingerprint density at radius 2 is 2.32 bits per heavy atom. The molecule has 1 aliphatic rings. The number of hydrogen-bond acceptors (Lipinski definition) is 5. The summed E-state index contributed by atoms with van der Waals surface area (Å²) in [5.41, 5.74) is -0.383. The predicted octanol–water partition coefficient (Wildman–Crippen LogP) is 1.61. The van der Waals surface area contributed by atoms with E-state index >= 15 is 0 Å². The second-order valence-corrected chi connectivity index (χ2v) is 8.50. The summed E-state index contributed by atoms with van der Waals surface area (Å²) in [5, 5.41) is 0. The van der Waals surface area contributed by atoms with Crippen LogP contribution in [0, 0.1) is 0 Å². The average molecular weight is 329 g/mol. The molecule has 0 spiro atoms. The molecular formula is C15H27N3O3S. The molecule has 1 aromatic heterocycles. The summed E-state index contributed by atoms with van der Waals surface area (Å²) in [6.07, 6.45) is 1.60. The van der Waals surface area contributed by atoms with Gasteiger partial charge in [-0.05, 0) is 26.8 Å². The fraction of sp³-hybridized carbons (Fsp3) is 0.733. The van der Waals surface area contributed by atoms with Crippen molar-refractivity contribution in [3.05, 3.63) is 22.7 Å².